The molecule has 26 heavy (non-hydrogen) atoms. The van der Waals surface area contributed by atoms with Gasteiger partial charge in [-0.05, 0) is 41.8 Å². The summed E-state index contributed by atoms with van der Waals surface area (Å²) < 4.78 is 2.63. The zero-order chi connectivity index (χ0) is 17.5. The SMILES string of the molecule is Cc1ccnc(-c2cccc3c2sc2cc(-c4ccccc4)ccc23)c1. The van der Waals surface area contributed by atoms with E-state index >= 15 is 0 Å². The fraction of sp³-hybridized carbons (Fsp3) is 0.0417. The Morgan fingerprint density at radius 1 is 0.731 bits per heavy atom. The van der Waals surface area contributed by atoms with Gasteiger partial charge in [0.2, 0.25) is 0 Å². The fourth-order valence-electron chi connectivity index (χ4n) is 3.49. The van der Waals surface area contributed by atoms with Gasteiger partial charge in [0.15, 0.2) is 0 Å². The average molecular weight is 351 g/mol. The predicted octanol–water partition coefficient (Wildman–Crippen LogP) is 7.09. The van der Waals surface area contributed by atoms with E-state index in [0.717, 1.165) is 5.69 Å². The Balaban J connectivity index is 1.75. The summed E-state index contributed by atoms with van der Waals surface area (Å²) in [6.45, 7) is 2.11. The molecule has 0 fully saturated rings. The molecule has 5 aromatic rings. The van der Waals surface area contributed by atoms with E-state index in [0.29, 0.717) is 0 Å². The van der Waals surface area contributed by atoms with E-state index in [1.165, 1.54) is 42.4 Å². The molecule has 0 saturated carbocycles. The van der Waals surface area contributed by atoms with Crippen LogP contribution in [0.2, 0.25) is 0 Å². The molecular formula is C24H17NS. The van der Waals surface area contributed by atoms with Crippen molar-refractivity contribution < 1.29 is 0 Å². The van der Waals surface area contributed by atoms with Crippen LogP contribution in [0, 0.1) is 6.92 Å². The Kier molecular flexibility index (Phi) is 3.58. The van der Waals surface area contributed by atoms with Crippen molar-refractivity contribution in [2.45, 2.75) is 6.92 Å². The van der Waals surface area contributed by atoms with Crippen LogP contribution in [-0.4, -0.2) is 4.98 Å². The molecule has 5 rings (SSSR count). The summed E-state index contributed by atoms with van der Waals surface area (Å²) in [5, 5.41) is 2.63. The van der Waals surface area contributed by atoms with Gasteiger partial charge in [0.25, 0.3) is 0 Å². The Morgan fingerprint density at radius 3 is 2.46 bits per heavy atom. The van der Waals surface area contributed by atoms with Crippen molar-refractivity contribution in [3.8, 4) is 22.4 Å². The van der Waals surface area contributed by atoms with Crippen LogP contribution >= 0.6 is 11.3 Å². The molecule has 2 aromatic heterocycles. The molecule has 0 amide bonds. The highest BCUT2D eigenvalue weighted by molar-refractivity contribution is 7.26. The lowest BCUT2D eigenvalue weighted by Crippen LogP contribution is -1.84. The first-order valence-corrected chi connectivity index (χ1v) is 9.55. The summed E-state index contributed by atoms with van der Waals surface area (Å²) in [7, 11) is 0. The first kappa shape index (κ1) is 15.3. The number of rotatable bonds is 2. The van der Waals surface area contributed by atoms with Crippen LogP contribution in [-0.2, 0) is 0 Å². The standard InChI is InChI=1S/C24H17NS/c1-16-12-13-25-22(14-16)21-9-5-8-20-19-11-10-18(15-23(19)26-24(20)21)17-6-3-2-4-7-17/h2-15H,1H3. The van der Waals surface area contributed by atoms with E-state index < -0.39 is 0 Å². The smallest absolute Gasteiger partial charge is 0.0719 e. The van der Waals surface area contributed by atoms with Gasteiger partial charge in [0.05, 0.1) is 5.69 Å². The molecule has 1 nitrogen and oxygen atoms in total. The molecule has 0 aliphatic carbocycles. The molecule has 0 atom stereocenters. The maximum absolute atomic E-state index is 4.60. The summed E-state index contributed by atoms with van der Waals surface area (Å²) in [5.74, 6) is 0. The average Bonchev–Trinajstić information content (AvgIpc) is 3.06. The minimum Gasteiger partial charge on any atom is -0.256 e. The lowest BCUT2D eigenvalue weighted by Gasteiger charge is -2.03. The van der Waals surface area contributed by atoms with Crippen LogP contribution in [0.25, 0.3) is 42.6 Å². The largest absolute Gasteiger partial charge is 0.256 e. The first-order chi connectivity index (χ1) is 12.8. The van der Waals surface area contributed by atoms with Gasteiger partial charge in [-0.2, -0.15) is 0 Å². The monoisotopic (exact) mass is 351 g/mol. The third kappa shape index (κ3) is 2.51. The van der Waals surface area contributed by atoms with Crippen molar-refractivity contribution in [2.24, 2.45) is 0 Å². The molecular weight excluding hydrogens is 334 g/mol. The number of aromatic nitrogens is 1. The van der Waals surface area contributed by atoms with E-state index in [4.69, 9.17) is 0 Å². The maximum atomic E-state index is 4.60. The second kappa shape index (κ2) is 6.08. The second-order valence-corrected chi connectivity index (χ2v) is 7.63. The summed E-state index contributed by atoms with van der Waals surface area (Å²) in [6, 6.07) is 28.1. The van der Waals surface area contributed by atoms with Crippen LogP contribution in [0.15, 0.2) is 85.1 Å². The van der Waals surface area contributed by atoms with Crippen LogP contribution in [0.3, 0.4) is 0 Å². The fourth-order valence-corrected chi connectivity index (χ4v) is 4.76. The van der Waals surface area contributed by atoms with Crippen LogP contribution in [0.1, 0.15) is 5.56 Å². The van der Waals surface area contributed by atoms with Crippen molar-refractivity contribution in [3.63, 3.8) is 0 Å². The minimum absolute atomic E-state index is 1.05. The van der Waals surface area contributed by atoms with E-state index in [-0.39, 0.29) is 0 Å². The van der Waals surface area contributed by atoms with E-state index in [1.807, 2.05) is 23.6 Å². The van der Waals surface area contributed by atoms with Gasteiger partial charge in [-0.25, -0.2) is 0 Å². The van der Waals surface area contributed by atoms with Crippen molar-refractivity contribution in [2.75, 3.05) is 0 Å². The summed E-state index contributed by atoms with van der Waals surface area (Å²) in [5.41, 5.74) is 6.02. The van der Waals surface area contributed by atoms with Gasteiger partial charge >= 0.3 is 0 Å². The molecule has 2 heteroatoms. The van der Waals surface area contributed by atoms with Gasteiger partial charge in [0, 0.05) is 31.9 Å². The number of fused-ring (bicyclic) bond motifs is 3. The molecule has 2 heterocycles. The molecule has 0 saturated heterocycles. The molecule has 0 unspecified atom stereocenters. The topological polar surface area (TPSA) is 12.9 Å². The molecule has 3 aromatic carbocycles. The number of hydrogen-bond acceptors (Lipinski definition) is 2. The number of thiophene rings is 1. The van der Waals surface area contributed by atoms with Gasteiger partial charge in [-0.1, -0.05) is 60.7 Å². The van der Waals surface area contributed by atoms with Gasteiger partial charge < -0.3 is 0 Å². The quantitative estimate of drug-likeness (QED) is 0.331. The Hall–Kier alpha value is -2.97. The van der Waals surface area contributed by atoms with Crippen molar-refractivity contribution >= 4 is 31.5 Å². The number of pyridine rings is 1. The van der Waals surface area contributed by atoms with E-state index in [9.17, 15) is 0 Å². The van der Waals surface area contributed by atoms with E-state index in [1.54, 1.807) is 0 Å². The zero-order valence-corrected chi connectivity index (χ0v) is 15.3. The second-order valence-electron chi connectivity index (χ2n) is 6.58. The third-order valence-corrected chi connectivity index (χ3v) is 6.00. The summed E-state index contributed by atoms with van der Waals surface area (Å²) in [4.78, 5) is 4.60. The number of hydrogen-bond donors (Lipinski definition) is 0. The number of nitrogens with zero attached hydrogens (tertiary/aromatic N) is 1. The molecule has 0 aliphatic heterocycles. The minimum atomic E-state index is 1.05. The summed E-state index contributed by atoms with van der Waals surface area (Å²) in [6.07, 6.45) is 1.89. The van der Waals surface area contributed by atoms with Gasteiger partial charge in [0.1, 0.15) is 0 Å². The van der Waals surface area contributed by atoms with Gasteiger partial charge in [-0.15, -0.1) is 11.3 Å². The Bertz CT molecular complexity index is 1240. The van der Waals surface area contributed by atoms with Crippen LogP contribution in [0.4, 0.5) is 0 Å². The molecule has 124 valence electrons. The Labute approximate surface area is 156 Å². The predicted molar refractivity (Wildman–Crippen MR) is 113 cm³/mol. The van der Waals surface area contributed by atoms with Crippen molar-refractivity contribution in [1.29, 1.82) is 0 Å². The number of aryl methyl sites for hydroxylation is 1. The van der Waals surface area contributed by atoms with Crippen LogP contribution < -0.4 is 0 Å². The maximum Gasteiger partial charge on any atom is 0.0719 e. The first-order valence-electron chi connectivity index (χ1n) is 8.73. The lowest BCUT2D eigenvalue weighted by molar-refractivity contribution is 1.29. The molecule has 0 spiro atoms. The highest BCUT2D eigenvalue weighted by Crippen LogP contribution is 2.40. The lowest BCUT2D eigenvalue weighted by atomic mass is 10.0. The van der Waals surface area contributed by atoms with Crippen molar-refractivity contribution in [1.82, 2.24) is 4.98 Å². The van der Waals surface area contributed by atoms with Gasteiger partial charge in [-0.3, -0.25) is 4.98 Å². The van der Waals surface area contributed by atoms with E-state index in [2.05, 4.69) is 84.7 Å². The van der Waals surface area contributed by atoms with Crippen molar-refractivity contribution in [3.05, 3.63) is 90.6 Å². The normalized spacial score (nSPS) is 11.3. The van der Waals surface area contributed by atoms with Crippen LogP contribution in [0.5, 0.6) is 0 Å². The molecule has 0 bridgehead atoms. The highest BCUT2D eigenvalue weighted by atomic mass is 32.1. The third-order valence-electron chi connectivity index (χ3n) is 4.80. The summed E-state index contributed by atoms with van der Waals surface area (Å²) >= 11 is 1.86. The number of benzene rings is 3. The molecule has 0 radical (unpaired) electrons. The molecule has 0 aliphatic rings. The molecule has 0 N–H and O–H groups in total. The zero-order valence-electron chi connectivity index (χ0n) is 14.4. The Morgan fingerprint density at radius 2 is 1.62 bits per heavy atom. The highest BCUT2D eigenvalue weighted by Gasteiger charge is 2.12.